The SMILES string of the molecule is CC(C(Cc1ccc(Cl)c(Cl)c1)NN)S(C)(=O)=O. The summed E-state index contributed by atoms with van der Waals surface area (Å²) in [7, 11) is -3.15. The molecular formula is C11H16Cl2N2O2S. The normalized spacial score (nSPS) is 15.4. The first-order chi connectivity index (χ1) is 8.25. The fourth-order valence-electron chi connectivity index (χ4n) is 1.58. The van der Waals surface area contributed by atoms with E-state index in [1.54, 1.807) is 25.1 Å². The molecule has 0 aliphatic heterocycles. The molecule has 2 unspecified atom stereocenters. The van der Waals surface area contributed by atoms with Crippen molar-refractivity contribution in [1.82, 2.24) is 5.43 Å². The van der Waals surface area contributed by atoms with Gasteiger partial charge in [-0.05, 0) is 31.0 Å². The molecule has 0 aliphatic rings. The number of hydrazine groups is 1. The highest BCUT2D eigenvalue weighted by Crippen LogP contribution is 2.23. The molecule has 4 nitrogen and oxygen atoms in total. The largest absolute Gasteiger partial charge is 0.271 e. The average Bonchev–Trinajstić information content (AvgIpc) is 2.28. The number of rotatable bonds is 5. The van der Waals surface area contributed by atoms with E-state index in [4.69, 9.17) is 29.0 Å². The Kier molecular flexibility index (Phi) is 5.43. The topological polar surface area (TPSA) is 72.2 Å². The van der Waals surface area contributed by atoms with Gasteiger partial charge in [-0.1, -0.05) is 29.3 Å². The van der Waals surface area contributed by atoms with Crippen molar-refractivity contribution in [1.29, 1.82) is 0 Å². The summed E-state index contributed by atoms with van der Waals surface area (Å²) in [5.74, 6) is 5.41. The van der Waals surface area contributed by atoms with Crippen LogP contribution in [0.4, 0.5) is 0 Å². The maximum atomic E-state index is 11.5. The second-order valence-corrected chi connectivity index (χ2v) is 7.48. The van der Waals surface area contributed by atoms with Crippen LogP contribution in [0.1, 0.15) is 12.5 Å². The van der Waals surface area contributed by atoms with E-state index in [0.717, 1.165) is 5.56 Å². The van der Waals surface area contributed by atoms with Crippen LogP contribution in [0, 0.1) is 0 Å². The summed E-state index contributed by atoms with van der Waals surface area (Å²) in [5, 5.41) is 0.322. The first kappa shape index (κ1) is 15.7. The zero-order valence-electron chi connectivity index (χ0n) is 10.2. The first-order valence-electron chi connectivity index (χ1n) is 5.34. The summed E-state index contributed by atoms with van der Waals surface area (Å²) >= 11 is 11.7. The molecule has 0 heterocycles. The molecule has 0 spiro atoms. The summed E-state index contributed by atoms with van der Waals surface area (Å²) < 4.78 is 23.0. The summed E-state index contributed by atoms with van der Waals surface area (Å²) in [6, 6.07) is 4.81. The molecule has 0 fully saturated rings. The molecule has 0 saturated carbocycles. The maximum absolute atomic E-state index is 11.5. The highest BCUT2D eigenvalue weighted by molar-refractivity contribution is 7.91. The lowest BCUT2D eigenvalue weighted by Gasteiger charge is -2.22. The third kappa shape index (κ3) is 4.10. The van der Waals surface area contributed by atoms with Gasteiger partial charge in [0.25, 0.3) is 0 Å². The predicted octanol–water partition coefficient (Wildman–Crippen LogP) is 1.80. The van der Waals surface area contributed by atoms with Crippen LogP contribution in [-0.4, -0.2) is 26.0 Å². The van der Waals surface area contributed by atoms with Crippen molar-refractivity contribution in [2.24, 2.45) is 5.84 Å². The number of nitrogens with one attached hydrogen (secondary N) is 1. The number of halogens is 2. The molecule has 3 N–H and O–H groups in total. The molecule has 2 atom stereocenters. The van der Waals surface area contributed by atoms with Gasteiger partial charge in [0.05, 0.1) is 15.3 Å². The van der Waals surface area contributed by atoms with Crippen molar-refractivity contribution in [2.75, 3.05) is 6.26 Å². The molecule has 1 rings (SSSR count). The zero-order chi connectivity index (χ0) is 13.9. The van der Waals surface area contributed by atoms with Crippen LogP contribution < -0.4 is 11.3 Å². The van der Waals surface area contributed by atoms with Crippen molar-refractivity contribution < 1.29 is 8.42 Å². The number of hydrogen-bond donors (Lipinski definition) is 2. The fraction of sp³-hybridized carbons (Fsp3) is 0.455. The highest BCUT2D eigenvalue weighted by atomic mass is 35.5. The second kappa shape index (κ2) is 6.21. The Morgan fingerprint density at radius 3 is 2.39 bits per heavy atom. The van der Waals surface area contributed by atoms with Gasteiger partial charge in [0, 0.05) is 12.3 Å². The molecule has 0 radical (unpaired) electrons. The average molecular weight is 311 g/mol. The minimum atomic E-state index is -3.15. The molecule has 1 aromatic carbocycles. The van der Waals surface area contributed by atoms with Gasteiger partial charge >= 0.3 is 0 Å². The maximum Gasteiger partial charge on any atom is 0.151 e. The third-order valence-electron chi connectivity index (χ3n) is 2.90. The predicted molar refractivity (Wildman–Crippen MR) is 75.6 cm³/mol. The van der Waals surface area contributed by atoms with E-state index in [1.807, 2.05) is 0 Å². The van der Waals surface area contributed by atoms with Gasteiger partial charge in [0.15, 0.2) is 9.84 Å². The van der Waals surface area contributed by atoms with Crippen molar-refractivity contribution >= 4 is 33.0 Å². The molecule has 0 aliphatic carbocycles. The van der Waals surface area contributed by atoms with Crippen LogP contribution in [-0.2, 0) is 16.3 Å². The Morgan fingerprint density at radius 1 is 1.33 bits per heavy atom. The molecule has 0 bridgehead atoms. The van der Waals surface area contributed by atoms with Crippen molar-refractivity contribution in [3.8, 4) is 0 Å². The van der Waals surface area contributed by atoms with Crippen molar-refractivity contribution in [3.63, 3.8) is 0 Å². The number of sulfone groups is 1. The molecule has 102 valence electrons. The van der Waals surface area contributed by atoms with E-state index >= 15 is 0 Å². The van der Waals surface area contributed by atoms with Gasteiger partial charge in [-0.25, -0.2) is 8.42 Å². The molecule has 0 saturated heterocycles. The van der Waals surface area contributed by atoms with Gasteiger partial charge in [-0.3, -0.25) is 11.3 Å². The van der Waals surface area contributed by atoms with Crippen molar-refractivity contribution in [2.45, 2.75) is 24.6 Å². The molecule has 0 amide bonds. The lowest BCUT2D eigenvalue weighted by Crippen LogP contribution is -2.47. The van der Waals surface area contributed by atoms with Crippen LogP contribution in [0.5, 0.6) is 0 Å². The minimum Gasteiger partial charge on any atom is -0.271 e. The monoisotopic (exact) mass is 310 g/mol. The van der Waals surface area contributed by atoms with Crippen LogP contribution in [0.15, 0.2) is 18.2 Å². The Hall–Kier alpha value is -0.330. The standard InChI is InChI=1S/C11H16Cl2N2O2S/c1-7(18(2,16)17)11(15-14)6-8-3-4-9(12)10(13)5-8/h3-5,7,11,15H,6,14H2,1-2H3. The third-order valence-corrected chi connectivity index (χ3v) is 5.31. The van der Waals surface area contributed by atoms with Gasteiger partial charge in [0.1, 0.15) is 0 Å². The minimum absolute atomic E-state index is 0.378. The number of nitrogens with two attached hydrogens (primary N) is 1. The Labute approximate surface area is 117 Å². The number of benzene rings is 1. The fourth-order valence-corrected chi connectivity index (χ4v) is 2.67. The van der Waals surface area contributed by atoms with Crippen LogP contribution in [0.2, 0.25) is 10.0 Å². The lowest BCUT2D eigenvalue weighted by atomic mass is 10.0. The van der Waals surface area contributed by atoms with E-state index in [2.05, 4.69) is 5.43 Å². The summed E-state index contributed by atoms with van der Waals surface area (Å²) in [6.07, 6.45) is 1.65. The molecule has 0 aromatic heterocycles. The summed E-state index contributed by atoms with van der Waals surface area (Å²) in [5.41, 5.74) is 3.41. The lowest BCUT2D eigenvalue weighted by molar-refractivity contribution is 0.494. The quantitative estimate of drug-likeness (QED) is 0.642. The van der Waals surface area contributed by atoms with Gasteiger partial charge in [0.2, 0.25) is 0 Å². The Morgan fingerprint density at radius 2 is 1.94 bits per heavy atom. The van der Waals surface area contributed by atoms with E-state index in [9.17, 15) is 8.42 Å². The van der Waals surface area contributed by atoms with E-state index < -0.39 is 15.1 Å². The van der Waals surface area contributed by atoms with Crippen molar-refractivity contribution in [3.05, 3.63) is 33.8 Å². The van der Waals surface area contributed by atoms with Crippen LogP contribution in [0.3, 0.4) is 0 Å². The molecule has 7 heteroatoms. The Balaban J connectivity index is 2.89. The summed E-state index contributed by atoms with van der Waals surface area (Å²) in [4.78, 5) is 0. The van der Waals surface area contributed by atoms with E-state index in [-0.39, 0.29) is 6.04 Å². The zero-order valence-corrected chi connectivity index (χ0v) is 12.5. The van der Waals surface area contributed by atoms with Crippen LogP contribution >= 0.6 is 23.2 Å². The van der Waals surface area contributed by atoms with Gasteiger partial charge in [-0.2, -0.15) is 0 Å². The summed E-state index contributed by atoms with van der Waals surface area (Å²) in [6.45, 7) is 1.62. The molecule has 18 heavy (non-hydrogen) atoms. The van der Waals surface area contributed by atoms with Gasteiger partial charge < -0.3 is 0 Å². The highest BCUT2D eigenvalue weighted by Gasteiger charge is 2.25. The smallest absolute Gasteiger partial charge is 0.151 e. The van der Waals surface area contributed by atoms with E-state index in [1.165, 1.54) is 6.26 Å². The second-order valence-electron chi connectivity index (χ2n) is 4.26. The molecular weight excluding hydrogens is 295 g/mol. The van der Waals surface area contributed by atoms with Gasteiger partial charge in [-0.15, -0.1) is 0 Å². The first-order valence-corrected chi connectivity index (χ1v) is 8.05. The number of hydrogen-bond acceptors (Lipinski definition) is 4. The molecule has 1 aromatic rings. The van der Waals surface area contributed by atoms with Crippen LogP contribution in [0.25, 0.3) is 0 Å². The van der Waals surface area contributed by atoms with E-state index in [0.29, 0.717) is 16.5 Å². The Bertz CT molecular complexity index is 520.